The summed E-state index contributed by atoms with van der Waals surface area (Å²) >= 11 is 0. The van der Waals surface area contributed by atoms with E-state index in [0.29, 0.717) is 17.3 Å². The summed E-state index contributed by atoms with van der Waals surface area (Å²) in [7, 11) is 0. The van der Waals surface area contributed by atoms with Crippen LogP contribution in [0.3, 0.4) is 0 Å². The van der Waals surface area contributed by atoms with E-state index in [4.69, 9.17) is 9.15 Å². The van der Waals surface area contributed by atoms with Crippen LogP contribution in [0.2, 0.25) is 0 Å². The highest BCUT2D eigenvalue weighted by Crippen LogP contribution is 2.15. The molecule has 0 spiro atoms. The number of furan rings is 1. The lowest BCUT2D eigenvalue weighted by Gasteiger charge is -2.03. The zero-order chi connectivity index (χ0) is 19.9. The molecule has 0 unspecified atom stereocenters. The van der Waals surface area contributed by atoms with Gasteiger partial charge in [0, 0.05) is 17.7 Å². The van der Waals surface area contributed by atoms with Gasteiger partial charge in [-0.15, -0.1) is 0 Å². The second kappa shape index (κ2) is 8.58. The van der Waals surface area contributed by atoms with Gasteiger partial charge in [-0.05, 0) is 42.5 Å². The normalized spacial score (nSPS) is 10.8. The fourth-order valence-corrected chi connectivity index (χ4v) is 2.21. The van der Waals surface area contributed by atoms with Gasteiger partial charge in [-0.25, -0.2) is 9.82 Å². The van der Waals surface area contributed by atoms with E-state index in [1.165, 1.54) is 48.7 Å². The number of carbonyl (C=O) groups excluding carboxylic acids is 1. The Morgan fingerprint density at radius 1 is 1.21 bits per heavy atom. The molecule has 1 amide bonds. The van der Waals surface area contributed by atoms with Crippen molar-refractivity contribution in [2.45, 2.75) is 6.61 Å². The molecule has 0 aliphatic heterocycles. The Morgan fingerprint density at radius 2 is 2.00 bits per heavy atom. The number of nitro groups is 1. The molecule has 0 saturated carbocycles. The fraction of sp³-hybridized carbons (Fsp3) is 0.0526. The molecule has 0 atom stereocenters. The molecule has 0 saturated heterocycles. The Morgan fingerprint density at radius 3 is 2.75 bits per heavy atom. The number of halogens is 1. The molecular weight excluding hydrogens is 369 g/mol. The molecule has 142 valence electrons. The standard InChI is InChI=1S/C19H14FN3O5/c20-14-4-6-16(7-5-14)27-12-18-9-8-17(28-18)11-21-22-19(24)13-2-1-3-15(10-13)23(25)26/h1-11H,12H2,(H,22,24)/b21-11-. The zero-order valence-corrected chi connectivity index (χ0v) is 14.4. The first kappa shape index (κ1) is 18.8. The molecule has 1 heterocycles. The third-order valence-corrected chi connectivity index (χ3v) is 3.55. The number of carbonyl (C=O) groups is 1. The average Bonchev–Trinajstić information content (AvgIpc) is 3.15. The van der Waals surface area contributed by atoms with E-state index in [1.807, 2.05) is 0 Å². The van der Waals surface area contributed by atoms with Gasteiger partial charge in [0.1, 0.15) is 29.7 Å². The highest BCUT2D eigenvalue weighted by atomic mass is 19.1. The lowest BCUT2D eigenvalue weighted by Crippen LogP contribution is -2.17. The number of amides is 1. The van der Waals surface area contributed by atoms with E-state index >= 15 is 0 Å². The van der Waals surface area contributed by atoms with Crippen molar-refractivity contribution >= 4 is 17.8 Å². The van der Waals surface area contributed by atoms with Gasteiger partial charge >= 0.3 is 0 Å². The van der Waals surface area contributed by atoms with Crippen molar-refractivity contribution in [3.05, 3.63) is 93.7 Å². The van der Waals surface area contributed by atoms with Gasteiger partial charge in [0.25, 0.3) is 11.6 Å². The van der Waals surface area contributed by atoms with Crippen LogP contribution in [0, 0.1) is 15.9 Å². The van der Waals surface area contributed by atoms with Crippen LogP contribution < -0.4 is 10.2 Å². The topological polar surface area (TPSA) is 107 Å². The number of hydrazone groups is 1. The zero-order valence-electron chi connectivity index (χ0n) is 14.4. The minimum Gasteiger partial charge on any atom is -0.486 e. The summed E-state index contributed by atoms with van der Waals surface area (Å²) < 4.78 is 23.8. The Bertz CT molecular complexity index is 1010. The number of hydrogen-bond donors (Lipinski definition) is 1. The first-order valence-electron chi connectivity index (χ1n) is 8.06. The molecule has 3 aromatic rings. The van der Waals surface area contributed by atoms with Crippen molar-refractivity contribution in [1.82, 2.24) is 5.43 Å². The van der Waals surface area contributed by atoms with Crippen LogP contribution in [0.1, 0.15) is 21.9 Å². The van der Waals surface area contributed by atoms with Crippen molar-refractivity contribution in [2.75, 3.05) is 0 Å². The van der Waals surface area contributed by atoms with Crippen LogP contribution in [-0.2, 0) is 6.61 Å². The molecule has 8 nitrogen and oxygen atoms in total. The van der Waals surface area contributed by atoms with Gasteiger partial charge in [0.15, 0.2) is 0 Å². The van der Waals surface area contributed by atoms with Crippen molar-refractivity contribution < 1.29 is 23.3 Å². The summed E-state index contributed by atoms with van der Waals surface area (Å²) in [5.74, 6) is 0.437. The van der Waals surface area contributed by atoms with Gasteiger partial charge in [-0.3, -0.25) is 14.9 Å². The molecule has 0 fully saturated rings. The molecule has 0 radical (unpaired) electrons. The molecular formula is C19H14FN3O5. The maximum atomic E-state index is 12.8. The molecule has 1 N–H and O–H groups in total. The summed E-state index contributed by atoms with van der Waals surface area (Å²) in [6.45, 7) is 0.138. The Kier molecular flexibility index (Phi) is 5.75. The quantitative estimate of drug-likeness (QED) is 0.381. The van der Waals surface area contributed by atoms with Crippen LogP contribution in [-0.4, -0.2) is 17.0 Å². The lowest BCUT2D eigenvalue weighted by atomic mass is 10.2. The highest BCUT2D eigenvalue weighted by Gasteiger charge is 2.10. The van der Waals surface area contributed by atoms with Gasteiger partial charge in [0.2, 0.25) is 0 Å². The van der Waals surface area contributed by atoms with E-state index in [9.17, 15) is 19.3 Å². The predicted octanol–water partition coefficient (Wildman–Crippen LogP) is 3.67. The summed E-state index contributed by atoms with van der Waals surface area (Å²) in [6.07, 6.45) is 1.29. The summed E-state index contributed by atoms with van der Waals surface area (Å²) in [5.41, 5.74) is 2.19. The smallest absolute Gasteiger partial charge is 0.271 e. The molecule has 1 aromatic heterocycles. The van der Waals surface area contributed by atoms with Crippen molar-refractivity contribution in [3.8, 4) is 5.75 Å². The Balaban J connectivity index is 1.53. The number of ether oxygens (including phenoxy) is 1. The SMILES string of the molecule is O=C(N/N=C\c1ccc(COc2ccc(F)cc2)o1)c1cccc([N+](=O)[O-])c1. The molecule has 9 heteroatoms. The number of nitrogens with one attached hydrogen (secondary N) is 1. The third kappa shape index (κ3) is 5.01. The first-order chi connectivity index (χ1) is 13.5. The van der Waals surface area contributed by atoms with E-state index in [1.54, 1.807) is 12.1 Å². The third-order valence-electron chi connectivity index (χ3n) is 3.55. The number of non-ortho nitro benzene ring substituents is 1. The molecule has 0 bridgehead atoms. The van der Waals surface area contributed by atoms with Crippen LogP contribution in [0.15, 0.2) is 70.2 Å². The van der Waals surface area contributed by atoms with Crippen LogP contribution in [0.25, 0.3) is 0 Å². The van der Waals surface area contributed by atoms with Gasteiger partial charge in [-0.2, -0.15) is 5.10 Å². The highest BCUT2D eigenvalue weighted by molar-refractivity contribution is 5.95. The molecule has 3 rings (SSSR count). The first-order valence-corrected chi connectivity index (χ1v) is 8.06. The van der Waals surface area contributed by atoms with Gasteiger partial charge in [0.05, 0.1) is 11.1 Å². The van der Waals surface area contributed by atoms with E-state index < -0.39 is 10.8 Å². The average molecular weight is 383 g/mol. The van der Waals surface area contributed by atoms with E-state index in [-0.39, 0.29) is 23.7 Å². The fourth-order valence-electron chi connectivity index (χ4n) is 2.21. The number of nitro benzene ring substituents is 1. The lowest BCUT2D eigenvalue weighted by molar-refractivity contribution is -0.384. The second-order valence-electron chi connectivity index (χ2n) is 5.55. The number of hydrogen-bond acceptors (Lipinski definition) is 6. The maximum Gasteiger partial charge on any atom is 0.271 e. The number of benzene rings is 2. The summed E-state index contributed by atoms with van der Waals surface area (Å²) in [5, 5.41) is 14.5. The monoisotopic (exact) mass is 383 g/mol. The largest absolute Gasteiger partial charge is 0.486 e. The van der Waals surface area contributed by atoms with Crippen molar-refractivity contribution in [1.29, 1.82) is 0 Å². The predicted molar refractivity (Wildman–Crippen MR) is 97.6 cm³/mol. The minimum absolute atomic E-state index is 0.110. The summed E-state index contributed by atoms with van der Waals surface area (Å²) in [6, 6.07) is 14.2. The second-order valence-corrected chi connectivity index (χ2v) is 5.55. The van der Waals surface area contributed by atoms with Crippen molar-refractivity contribution in [2.24, 2.45) is 5.10 Å². The van der Waals surface area contributed by atoms with Gasteiger partial charge in [-0.1, -0.05) is 6.07 Å². The molecule has 2 aromatic carbocycles. The summed E-state index contributed by atoms with van der Waals surface area (Å²) in [4.78, 5) is 22.1. The van der Waals surface area contributed by atoms with E-state index in [0.717, 1.165) is 6.07 Å². The van der Waals surface area contributed by atoms with Crippen molar-refractivity contribution in [3.63, 3.8) is 0 Å². The molecule has 0 aliphatic rings. The minimum atomic E-state index is -0.591. The Hall–Kier alpha value is -4.01. The number of rotatable bonds is 7. The van der Waals surface area contributed by atoms with E-state index in [2.05, 4.69) is 10.5 Å². The van der Waals surface area contributed by atoms with Crippen LogP contribution in [0.4, 0.5) is 10.1 Å². The number of nitrogens with zero attached hydrogens (tertiary/aromatic N) is 2. The van der Waals surface area contributed by atoms with Gasteiger partial charge < -0.3 is 9.15 Å². The maximum absolute atomic E-state index is 12.8. The molecule has 0 aliphatic carbocycles. The Labute approximate surface area is 158 Å². The van der Waals surface area contributed by atoms with Crippen LogP contribution in [0.5, 0.6) is 5.75 Å². The van der Waals surface area contributed by atoms with Crippen LogP contribution >= 0.6 is 0 Å². The molecule has 28 heavy (non-hydrogen) atoms.